The van der Waals surface area contributed by atoms with Gasteiger partial charge in [0.25, 0.3) is 20.2 Å². The van der Waals surface area contributed by atoms with Gasteiger partial charge in [0.15, 0.2) is 15.6 Å². The number of rotatable bonds is 11. The second kappa shape index (κ2) is 13.5. The Bertz CT molecular complexity index is 2150. The van der Waals surface area contributed by atoms with Crippen LogP contribution in [0.15, 0.2) is 55.2 Å². The van der Waals surface area contributed by atoms with Crippen molar-refractivity contribution in [3.8, 4) is 17.2 Å². The molecule has 3 aromatic rings. The molecule has 0 aliphatic carbocycles. The third-order valence-corrected chi connectivity index (χ3v) is 9.30. The molecule has 0 aliphatic rings. The molecule has 0 saturated heterocycles. The summed E-state index contributed by atoms with van der Waals surface area (Å²) in [5.74, 6) is -4.24. The molecule has 6 N–H and O–H groups in total. The number of fused-ring (bicyclic) bond motifs is 1. The van der Waals surface area contributed by atoms with Crippen molar-refractivity contribution >= 4 is 74.2 Å². The van der Waals surface area contributed by atoms with Crippen molar-refractivity contribution in [3.63, 3.8) is 0 Å². The molecule has 45 heavy (non-hydrogen) atoms. The predicted molar refractivity (Wildman–Crippen MR) is 148 cm³/mol. The van der Waals surface area contributed by atoms with Gasteiger partial charge in [-0.2, -0.15) is 25.3 Å². The van der Waals surface area contributed by atoms with Crippen molar-refractivity contribution in [2.45, 2.75) is 21.6 Å². The van der Waals surface area contributed by atoms with Crippen molar-refractivity contribution in [1.82, 2.24) is 0 Å². The normalized spacial score (nSPS) is 12.6. The summed E-state index contributed by atoms with van der Waals surface area (Å²) in [5, 5.41) is 30.0. The molecule has 1 radical (unpaired) electrons. The van der Waals surface area contributed by atoms with Crippen LogP contribution >= 0.6 is 0 Å². The van der Waals surface area contributed by atoms with Gasteiger partial charge in [0.1, 0.15) is 32.7 Å². The van der Waals surface area contributed by atoms with Crippen molar-refractivity contribution < 1.29 is 88.3 Å². The van der Waals surface area contributed by atoms with Gasteiger partial charge in [-0.1, -0.05) is 0 Å². The van der Waals surface area contributed by atoms with Gasteiger partial charge in [-0.25, -0.2) is 12.6 Å². The molecular weight excluding hydrogens is 742 g/mol. The first-order valence-corrected chi connectivity index (χ1v) is 17.2. The second-order valence-corrected chi connectivity index (χ2v) is 14.5. The Labute approximate surface area is 265 Å². The quantitative estimate of drug-likeness (QED) is 0.0920. The number of anilines is 1. The van der Waals surface area contributed by atoms with Gasteiger partial charge in [0.05, 0.1) is 30.1 Å². The molecule has 3 aromatic carbocycles. The van der Waals surface area contributed by atoms with Crippen LogP contribution in [0.1, 0.15) is 6.92 Å². The van der Waals surface area contributed by atoms with Crippen LogP contribution in [0.4, 0.5) is 17.1 Å². The Morgan fingerprint density at radius 3 is 2.00 bits per heavy atom. The van der Waals surface area contributed by atoms with Gasteiger partial charge >= 0.3 is 10.4 Å². The average Bonchev–Trinajstić information content (AvgIpc) is 2.85. The van der Waals surface area contributed by atoms with E-state index < -0.39 is 119 Å². The molecule has 19 nitrogen and oxygen atoms in total. The summed E-state index contributed by atoms with van der Waals surface area (Å²) in [4.78, 5) is 9.10. The number of phenolic OH excluding ortho intramolecular Hbond substituents is 2. The molecule has 0 atom stereocenters. The Balaban J connectivity index is 0.00000705. The zero-order valence-corrected chi connectivity index (χ0v) is 26.6. The van der Waals surface area contributed by atoms with Crippen molar-refractivity contribution in [2.75, 3.05) is 24.8 Å². The van der Waals surface area contributed by atoms with Crippen molar-refractivity contribution in [1.29, 1.82) is 0 Å². The second-order valence-electron chi connectivity index (χ2n) is 8.53. The van der Waals surface area contributed by atoms with E-state index in [1.807, 2.05) is 0 Å². The van der Waals surface area contributed by atoms with E-state index in [9.17, 15) is 57.8 Å². The molecule has 0 heterocycles. The van der Waals surface area contributed by atoms with Gasteiger partial charge in [0.2, 0.25) is 5.91 Å². The fourth-order valence-corrected chi connectivity index (χ4v) is 6.54. The number of carbonyl (C=O) groups is 1. The fraction of sp³-hybridized carbons (Fsp3) is 0.190. The fourth-order valence-electron chi connectivity index (χ4n) is 3.67. The molecule has 0 unspecified atom stereocenters. The summed E-state index contributed by atoms with van der Waals surface area (Å²) in [7, 11) is -18.5. The molecule has 3 rings (SSSR count). The first kappa shape index (κ1) is 37.7. The first-order chi connectivity index (χ1) is 20.0. The smallest absolute Gasteiger partial charge is 0.397 e. The number of ether oxygens (including phenoxy) is 1. The van der Waals surface area contributed by atoms with E-state index in [4.69, 9.17) is 9.29 Å². The topological polar surface area (TPSA) is 310 Å². The van der Waals surface area contributed by atoms with Crippen LogP contribution in [0.2, 0.25) is 0 Å². The summed E-state index contributed by atoms with van der Waals surface area (Å²) >= 11 is 0. The van der Waals surface area contributed by atoms with E-state index in [1.165, 1.54) is 0 Å². The minimum absolute atomic E-state index is 0. The van der Waals surface area contributed by atoms with Gasteiger partial charge in [-0.3, -0.25) is 18.5 Å². The number of carbonyl (C=O) groups excluding carboxylic acids is 1. The van der Waals surface area contributed by atoms with Gasteiger partial charge in [-0.15, -0.1) is 10.2 Å². The minimum atomic E-state index is -5.26. The van der Waals surface area contributed by atoms with Crippen LogP contribution in [0.3, 0.4) is 0 Å². The SMILES string of the molecule is COc1cc(N=Nc2c(S(=O)(=O)O)cc3cc(S(=O)(=O)O)cc(NC(C)=O)c3c2O)c(O)cc1S(=O)(=O)CCOS(=O)(=O)O.[Cu]. The molecule has 0 fully saturated rings. The Hall–Kier alpha value is -3.45. The molecule has 0 aliphatic heterocycles. The number of hydrogen-bond donors (Lipinski definition) is 6. The molecule has 24 heteroatoms. The van der Waals surface area contributed by atoms with Crippen LogP contribution in [0.5, 0.6) is 17.2 Å². The van der Waals surface area contributed by atoms with E-state index >= 15 is 0 Å². The number of azo groups is 1. The number of amides is 1. The number of hydrogen-bond acceptors (Lipinski definition) is 15. The average molecular weight is 763 g/mol. The van der Waals surface area contributed by atoms with Gasteiger partial charge < -0.3 is 20.3 Å². The number of nitrogens with zero attached hydrogens (tertiary/aromatic N) is 2. The zero-order valence-electron chi connectivity index (χ0n) is 22.4. The molecule has 0 saturated carbocycles. The third-order valence-electron chi connectivity index (χ3n) is 5.45. The van der Waals surface area contributed by atoms with Crippen LogP contribution in [0, 0.1) is 0 Å². The van der Waals surface area contributed by atoms with Gasteiger partial charge in [-0.05, 0) is 23.6 Å². The van der Waals surface area contributed by atoms with Crippen LogP contribution in [-0.2, 0) is 66.5 Å². The van der Waals surface area contributed by atoms with Crippen LogP contribution < -0.4 is 10.1 Å². The van der Waals surface area contributed by atoms with E-state index in [2.05, 4.69) is 19.7 Å². The van der Waals surface area contributed by atoms with Crippen molar-refractivity contribution in [2.24, 2.45) is 10.2 Å². The van der Waals surface area contributed by atoms with Crippen LogP contribution in [0.25, 0.3) is 10.8 Å². The summed E-state index contributed by atoms with van der Waals surface area (Å²) in [6.45, 7) is 0.0101. The molecule has 1 amide bonds. The summed E-state index contributed by atoms with van der Waals surface area (Å²) in [6.07, 6.45) is 0. The maximum atomic E-state index is 12.6. The van der Waals surface area contributed by atoms with E-state index in [-0.39, 0.29) is 17.1 Å². The minimum Gasteiger partial charge on any atom is -0.506 e. The van der Waals surface area contributed by atoms with Crippen molar-refractivity contribution in [3.05, 3.63) is 30.3 Å². The molecule has 251 valence electrons. The number of benzene rings is 3. The molecule has 0 aromatic heterocycles. The number of nitrogens with one attached hydrogen (secondary N) is 1. The molecular formula is C21H21CuN3O16S4. The summed E-state index contributed by atoms with van der Waals surface area (Å²) < 4.78 is 131. The van der Waals surface area contributed by atoms with E-state index in [0.29, 0.717) is 12.1 Å². The standard InChI is InChI=1S/C21H21N3O16S4.Cu/c1-10(25)22-14-7-12(42(30,31)32)5-11-6-18(43(33,34)35)20(21(27)19(11)14)24-23-13-8-16(39-2)17(9-15(13)26)41(28,29)4-3-40-44(36,37)38;/h5-9,26-27H,3-4H2,1-2H3,(H,22,25)(H,30,31,32)(H,33,34,35)(H,36,37,38);. The number of sulfone groups is 1. The predicted octanol–water partition coefficient (Wildman–Crippen LogP) is 1.72. The van der Waals surface area contributed by atoms with E-state index in [1.54, 1.807) is 0 Å². The summed E-state index contributed by atoms with van der Waals surface area (Å²) in [5.41, 5.74) is -2.00. The van der Waals surface area contributed by atoms with E-state index in [0.717, 1.165) is 32.2 Å². The monoisotopic (exact) mass is 762 g/mol. The zero-order chi connectivity index (χ0) is 33.4. The third kappa shape index (κ3) is 9.06. The summed E-state index contributed by atoms with van der Waals surface area (Å²) in [6, 6.07) is 3.53. The largest absolute Gasteiger partial charge is 0.506 e. The first-order valence-electron chi connectivity index (χ1n) is 11.3. The van der Waals surface area contributed by atoms with Gasteiger partial charge in [0, 0.05) is 41.5 Å². The number of phenols is 2. The Morgan fingerprint density at radius 1 is 0.867 bits per heavy atom. The Kier molecular flexibility index (Phi) is 11.3. The molecule has 0 spiro atoms. The number of aromatic hydroxyl groups is 2. The maximum Gasteiger partial charge on any atom is 0.397 e. The molecule has 0 bridgehead atoms. The Morgan fingerprint density at radius 2 is 1.49 bits per heavy atom. The van der Waals surface area contributed by atoms with Crippen LogP contribution in [-0.4, -0.2) is 82.9 Å². The maximum absolute atomic E-state index is 12.6. The number of methoxy groups -OCH3 is 1.